The molecule has 0 N–H and O–H groups in total. The predicted molar refractivity (Wildman–Crippen MR) is 161 cm³/mol. The van der Waals surface area contributed by atoms with Crippen LogP contribution in [0, 0.1) is 23.7 Å². The van der Waals surface area contributed by atoms with Gasteiger partial charge in [-0.2, -0.15) is 0 Å². The number of carbonyl (C=O) groups is 2. The Bertz CT molecular complexity index is 1370. The average Bonchev–Trinajstić information content (AvgIpc) is 3.66. The van der Waals surface area contributed by atoms with Crippen molar-refractivity contribution in [2.45, 2.75) is 83.0 Å². The molecule has 6 heteroatoms. The zero-order valence-electron chi connectivity index (χ0n) is 26.1. The summed E-state index contributed by atoms with van der Waals surface area (Å²) in [5.41, 5.74) is 5.39. The summed E-state index contributed by atoms with van der Waals surface area (Å²) in [5, 5.41) is 0. The molecule has 0 aliphatic heterocycles. The van der Waals surface area contributed by atoms with Crippen LogP contribution in [0.1, 0.15) is 89.0 Å². The predicted octanol–water partition coefficient (Wildman–Crippen LogP) is 6.53. The number of rotatable bonds is 10. The van der Waals surface area contributed by atoms with Gasteiger partial charge in [-0.15, -0.1) is 0 Å². The molecular weight excluding hydrogens is 528 g/mol. The smallest absolute Gasteiger partial charge is 0.309 e. The highest BCUT2D eigenvalue weighted by Gasteiger charge is 2.56. The van der Waals surface area contributed by atoms with Gasteiger partial charge in [-0.25, -0.2) is 0 Å². The fraction of sp³-hybridized carbons (Fsp3) is 0.611. The number of hydrogen-bond donors (Lipinski definition) is 0. The summed E-state index contributed by atoms with van der Waals surface area (Å²) in [6.07, 6.45) is 4.66. The molecular formula is C36H46O6. The van der Waals surface area contributed by atoms with Gasteiger partial charge in [-0.1, -0.05) is 39.8 Å². The monoisotopic (exact) mass is 574 g/mol. The summed E-state index contributed by atoms with van der Waals surface area (Å²) in [6, 6.07) is 13.1. The lowest BCUT2D eigenvalue weighted by Crippen LogP contribution is -2.29. The van der Waals surface area contributed by atoms with Crippen LogP contribution in [0.4, 0.5) is 0 Å². The Morgan fingerprint density at radius 3 is 1.74 bits per heavy atom. The molecule has 0 saturated heterocycles. The Balaban J connectivity index is 1.16. The van der Waals surface area contributed by atoms with Crippen LogP contribution >= 0.6 is 0 Å². The first-order valence-electron chi connectivity index (χ1n) is 15.7. The van der Waals surface area contributed by atoms with Gasteiger partial charge >= 0.3 is 5.97 Å². The molecule has 1 spiro atoms. The van der Waals surface area contributed by atoms with Crippen LogP contribution in [0.15, 0.2) is 36.4 Å². The van der Waals surface area contributed by atoms with Crippen LogP contribution in [0.2, 0.25) is 0 Å². The van der Waals surface area contributed by atoms with E-state index in [0.717, 1.165) is 43.6 Å². The Morgan fingerprint density at radius 1 is 0.714 bits per heavy atom. The molecule has 0 amide bonds. The minimum absolute atomic E-state index is 0.0239. The summed E-state index contributed by atoms with van der Waals surface area (Å²) >= 11 is 0. The number of esters is 1. The maximum atomic E-state index is 12.8. The highest BCUT2D eigenvalue weighted by Crippen LogP contribution is 2.63. The van der Waals surface area contributed by atoms with E-state index in [1.807, 2.05) is 0 Å². The molecule has 6 nitrogen and oxygen atoms in total. The van der Waals surface area contributed by atoms with E-state index in [1.54, 1.807) is 14.0 Å². The third-order valence-electron chi connectivity index (χ3n) is 10.8. The topological polar surface area (TPSA) is 71.1 Å². The molecule has 2 aromatic carbocycles. The molecule has 2 aromatic rings. The first-order chi connectivity index (χ1) is 19.9. The van der Waals surface area contributed by atoms with E-state index >= 15 is 0 Å². The molecule has 0 radical (unpaired) electrons. The second-order valence-corrected chi connectivity index (χ2v) is 14.5. The zero-order chi connectivity index (χ0) is 29.9. The lowest BCUT2D eigenvalue weighted by Gasteiger charge is -2.30. The van der Waals surface area contributed by atoms with Crippen molar-refractivity contribution in [3.63, 3.8) is 0 Å². The number of benzene rings is 2. The molecule has 4 aliphatic carbocycles. The van der Waals surface area contributed by atoms with E-state index in [9.17, 15) is 9.59 Å². The second kappa shape index (κ2) is 10.7. The average molecular weight is 575 g/mol. The van der Waals surface area contributed by atoms with E-state index in [1.165, 1.54) is 22.3 Å². The molecule has 226 valence electrons. The minimum atomic E-state index is -0.129. The first kappa shape index (κ1) is 29.2. The van der Waals surface area contributed by atoms with Crippen LogP contribution in [0.3, 0.4) is 0 Å². The first-order valence-corrected chi connectivity index (χ1v) is 15.7. The fourth-order valence-electron chi connectivity index (χ4n) is 9.20. The highest BCUT2D eigenvalue weighted by atomic mass is 16.6. The molecule has 2 fully saturated rings. The van der Waals surface area contributed by atoms with E-state index in [0.29, 0.717) is 25.7 Å². The third kappa shape index (κ3) is 4.94. The van der Waals surface area contributed by atoms with Crippen molar-refractivity contribution in [2.24, 2.45) is 23.7 Å². The maximum absolute atomic E-state index is 12.8. The molecule has 2 saturated carbocycles. The lowest BCUT2D eigenvalue weighted by atomic mass is 9.72. The van der Waals surface area contributed by atoms with E-state index < -0.39 is 0 Å². The zero-order valence-corrected chi connectivity index (χ0v) is 26.1. The largest absolute Gasteiger partial charge is 0.491 e. The van der Waals surface area contributed by atoms with Crippen molar-refractivity contribution >= 4 is 11.8 Å². The van der Waals surface area contributed by atoms with Crippen LogP contribution in [-0.2, 0) is 35.3 Å². The Kier molecular flexibility index (Phi) is 7.44. The van der Waals surface area contributed by atoms with Gasteiger partial charge in [0.05, 0.1) is 12.5 Å². The molecule has 4 aliphatic rings. The van der Waals surface area contributed by atoms with E-state index in [-0.39, 0.29) is 52.4 Å². The van der Waals surface area contributed by atoms with Gasteiger partial charge in [0, 0.05) is 18.4 Å². The molecule has 6 rings (SSSR count). The molecule has 0 aromatic heterocycles. The number of hydrogen-bond acceptors (Lipinski definition) is 6. The van der Waals surface area contributed by atoms with Gasteiger partial charge in [0.2, 0.25) is 0 Å². The van der Waals surface area contributed by atoms with Gasteiger partial charge < -0.3 is 18.9 Å². The Labute approximate surface area is 250 Å². The summed E-state index contributed by atoms with van der Waals surface area (Å²) in [7, 11) is 1.69. The number of Topliss-reactive ketones (excluding diaryl/α,β-unsaturated/α-hetero) is 1. The van der Waals surface area contributed by atoms with Gasteiger partial charge in [-0.3, -0.25) is 9.59 Å². The number of ketones is 1. The van der Waals surface area contributed by atoms with Gasteiger partial charge in [-0.05, 0) is 108 Å². The standard InChI is InChI=1S/C36H46O6/c1-22(37)27-16-24-15-23(27)17-28(24)33(38)42-14-13-41-26-8-10-30-32(19-26)36(21-35(30,4)5)20-34(2,3)29-9-7-25(18-31(29)36)40-12-11-39-6/h7-10,18-19,23-24,27-28H,11-17,20-21H2,1-6H3. The second-order valence-electron chi connectivity index (χ2n) is 14.5. The third-order valence-corrected chi connectivity index (χ3v) is 10.8. The minimum Gasteiger partial charge on any atom is -0.491 e. The number of ether oxygens (including phenoxy) is 4. The van der Waals surface area contributed by atoms with Crippen molar-refractivity contribution in [3.8, 4) is 11.5 Å². The van der Waals surface area contributed by atoms with Crippen molar-refractivity contribution in [3.05, 3.63) is 58.7 Å². The SMILES string of the molecule is COCCOc1ccc2c(c1)C1(CC2(C)C)CC(C)(C)c2ccc(OCCOC(=O)C3CC4CC3CC4C(C)=O)cc21. The maximum Gasteiger partial charge on any atom is 0.309 e. The number of carbonyl (C=O) groups excluding carboxylic acids is 2. The summed E-state index contributed by atoms with van der Waals surface area (Å²) < 4.78 is 23.1. The quantitative estimate of drug-likeness (QED) is 0.237. The summed E-state index contributed by atoms with van der Waals surface area (Å²) in [5.74, 6) is 2.55. The molecule has 0 heterocycles. The Hall–Kier alpha value is -2.86. The molecule has 5 unspecified atom stereocenters. The molecule has 42 heavy (non-hydrogen) atoms. The van der Waals surface area contributed by atoms with Crippen molar-refractivity contribution in [1.82, 2.24) is 0 Å². The lowest BCUT2D eigenvalue weighted by molar-refractivity contribution is -0.151. The van der Waals surface area contributed by atoms with Gasteiger partial charge in [0.1, 0.15) is 37.1 Å². The van der Waals surface area contributed by atoms with E-state index in [4.69, 9.17) is 18.9 Å². The highest BCUT2D eigenvalue weighted by molar-refractivity contribution is 5.80. The summed E-state index contributed by atoms with van der Waals surface area (Å²) in [6.45, 7) is 12.7. The Morgan fingerprint density at radius 2 is 1.24 bits per heavy atom. The van der Waals surface area contributed by atoms with Crippen LogP contribution in [-0.4, -0.2) is 45.3 Å². The molecule has 2 bridgehead atoms. The van der Waals surface area contributed by atoms with Crippen molar-refractivity contribution in [2.75, 3.05) is 33.5 Å². The van der Waals surface area contributed by atoms with Gasteiger partial charge in [0.25, 0.3) is 0 Å². The fourth-order valence-corrected chi connectivity index (χ4v) is 9.20. The van der Waals surface area contributed by atoms with Crippen molar-refractivity contribution < 1.29 is 28.5 Å². The summed E-state index contributed by atoms with van der Waals surface area (Å²) in [4.78, 5) is 24.7. The van der Waals surface area contributed by atoms with Crippen LogP contribution < -0.4 is 9.47 Å². The van der Waals surface area contributed by atoms with Crippen molar-refractivity contribution in [1.29, 1.82) is 0 Å². The molecule has 5 atom stereocenters. The number of fused-ring (bicyclic) bond motifs is 6. The van der Waals surface area contributed by atoms with Crippen LogP contribution in [0.5, 0.6) is 11.5 Å². The normalized spacial score (nSPS) is 29.4. The number of methoxy groups -OCH3 is 1. The van der Waals surface area contributed by atoms with Gasteiger partial charge in [0.15, 0.2) is 0 Å². The van der Waals surface area contributed by atoms with Crippen LogP contribution in [0.25, 0.3) is 0 Å². The van der Waals surface area contributed by atoms with E-state index in [2.05, 4.69) is 64.1 Å².